The van der Waals surface area contributed by atoms with Gasteiger partial charge in [0.25, 0.3) is 0 Å². The van der Waals surface area contributed by atoms with E-state index >= 15 is 0 Å². The Morgan fingerprint density at radius 2 is 1.61 bits per heavy atom. The molecule has 0 fully saturated rings. The van der Waals surface area contributed by atoms with E-state index < -0.39 is 0 Å². The van der Waals surface area contributed by atoms with E-state index in [1.54, 1.807) is 7.11 Å². The molecule has 6 nitrogen and oxygen atoms in total. The second-order valence-electron chi connectivity index (χ2n) is 4.12. The molecule has 0 aliphatic carbocycles. The van der Waals surface area contributed by atoms with Gasteiger partial charge in [-0.2, -0.15) is 0 Å². The number of aromatic nitrogens is 4. The van der Waals surface area contributed by atoms with Crippen LogP contribution in [0.1, 0.15) is 0 Å². The van der Waals surface area contributed by atoms with Crippen molar-refractivity contribution in [1.82, 2.24) is 14.5 Å². The number of aryl methyl sites for hydroxylation is 2. The van der Waals surface area contributed by atoms with Crippen molar-refractivity contribution in [3.8, 4) is 0 Å². The lowest BCUT2D eigenvalue weighted by molar-refractivity contribution is -0.671. The summed E-state index contributed by atoms with van der Waals surface area (Å²) in [4.78, 5) is 0. The van der Waals surface area contributed by atoms with E-state index in [0.717, 1.165) is 6.67 Å². The summed E-state index contributed by atoms with van der Waals surface area (Å²) in [7, 11) is 7.60. The zero-order valence-electron chi connectivity index (χ0n) is 11.6. The van der Waals surface area contributed by atoms with Crippen LogP contribution in [0.5, 0.6) is 0 Å². The molecule has 2 rings (SSSR count). The quantitative estimate of drug-likeness (QED) is 0.740. The van der Waals surface area contributed by atoms with E-state index in [-0.39, 0.29) is 0 Å². The molecule has 0 radical (unpaired) electrons. The van der Waals surface area contributed by atoms with E-state index in [0.29, 0.717) is 6.73 Å². The van der Waals surface area contributed by atoms with Crippen LogP contribution in [0.4, 0.5) is 0 Å². The fourth-order valence-corrected chi connectivity index (χ4v) is 1.50. The van der Waals surface area contributed by atoms with Crippen LogP contribution in [0.15, 0.2) is 37.4 Å². The Balaban J connectivity index is 0.000000180. The summed E-state index contributed by atoms with van der Waals surface area (Å²) in [6.45, 7) is 1.50. The maximum absolute atomic E-state index is 4.89. The third kappa shape index (κ3) is 5.11. The molecule has 0 bridgehead atoms. The molecule has 18 heavy (non-hydrogen) atoms. The molecule has 0 saturated carbocycles. The zero-order valence-corrected chi connectivity index (χ0v) is 11.6. The third-order valence-electron chi connectivity index (χ3n) is 2.27. The van der Waals surface area contributed by atoms with Gasteiger partial charge in [0.05, 0.1) is 14.1 Å². The minimum absolute atomic E-state index is 0.626. The van der Waals surface area contributed by atoms with Crippen LogP contribution in [-0.4, -0.2) is 23.3 Å². The molecule has 0 aliphatic heterocycles. The number of nitrogens with one attached hydrogen (secondary N) is 1. The van der Waals surface area contributed by atoms with Crippen molar-refractivity contribution in [2.75, 3.05) is 14.2 Å². The van der Waals surface area contributed by atoms with Gasteiger partial charge in [-0.15, -0.1) is 0 Å². The van der Waals surface area contributed by atoms with Gasteiger partial charge in [-0.25, -0.2) is 18.3 Å². The average Bonchev–Trinajstić information content (AvgIpc) is 2.90. The SMILES string of the molecule is CNCn1cc[n+](C)c1.COCn1cc[n+](C)c1. The first-order valence-corrected chi connectivity index (χ1v) is 5.81. The molecule has 0 amide bonds. The van der Waals surface area contributed by atoms with Crippen LogP contribution in [-0.2, 0) is 32.2 Å². The molecule has 0 aromatic carbocycles. The lowest BCUT2D eigenvalue weighted by Gasteiger charge is -1.89. The summed E-state index contributed by atoms with van der Waals surface area (Å²) in [5.41, 5.74) is 0. The Morgan fingerprint density at radius 1 is 1.06 bits per heavy atom. The largest absolute Gasteiger partial charge is 0.345 e. The highest BCUT2D eigenvalue weighted by Gasteiger charge is 1.95. The first-order valence-electron chi connectivity index (χ1n) is 5.81. The predicted molar refractivity (Wildman–Crippen MR) is 67.3 cm³/mol. The maximum atomic E-state index is 4.89. The second-order valence-corrected chi connectivity index (χ2v) is 4.12. The predicted octanol–water partition coefficient (Wildman–Crippen LogP) is -0.594. The second kappa shape index (κ2) is 7.62. The first kappa shape index (κ1) is 14.4. The van der Waals surface area contributed by atoms with Gasteiger partial charge < -0.3 is 4.74 Å². The molecule has 0 spiro atoms. The highest BCUT2D eigenvalue weighted by Crippen LogP contribution is 1.81. The third-order valence-corrected chi connectivity index (χ3v) is 2.27. The van der Waals surface area contributed by atoms with Crippen molar-refractivity contribution in [1.29, 1.82) is 0 Å². The molecule has 0 atom stereocenters. The van der Waals surface area contributed by atoms with Crippen molar-refractivity contribution < 1.29 is 13.9 Å². The normalized spacial score (nSPS) is 10.0. The van der Waals surface area contributed by atoms with Crippen LogP contribution >= 0.6 is 0 Å². The molecule has 100 valence electrons. The van der Waals surface area contributed by atoms with E-state index in [1.807, 2.05) is 72.3 Å². The van der Waals surface area contributed by atoms with Crippen molar-refractivity contribution in [3.05, 3.63) is 37.4 Å². The zero-order chi connectivity index (χ0) is 13.4. The summed E-state index contributed by atoms with van der Waals surface area (Å²) >= 11 is 0. The van der Waals surface area contributed by atoms with Crippen LogP contribution in [0, 0.1) is 0 Å². The van der Waals surface area contributed by atoms with Gasteiger partial charge in [0.1, 0.15) is 31.5 Å². The summed E-state index contributed by atoms with van der Waals surface area (Å²) in [6, 6.07) is 0. The molecule has 0 unspecified atom stereocenters. The number of imidazole rings is 2. The highest BCUT2D eigenvalue weighted by molar-refractivity contribution is 4.64. The molecule has 2 heterocycles. The van der Waals surface area contributed by atoms with E-state index in [1.165, 1.54) is 0 Å². The van der Waals surface area contributed by atoms with Crippen LogP contribution in [0.2, 0.25) is 0 Å². The van der Waals surface area contributed by atoms with Gasteiger partial charge >= 0.3 is 0 Å². The number of ether oxygens (including phenoxy) is 1. The van der Waals surface area contributed by atoms with E-state index in [9.17, 15) is 0 Å². The summed E-state index contributed by atoms with van der Waals surface area (Å²) in [6.07, 6.45) is 12.0. The number of hydrogen-bond donors (Lipinski definition) is 1. The Bertz CT molecular complexity index is 407. The lowest BCUT2D eigenvalue weighted by atomic mass is 10.8. The maximum Gasteiger partial charge on any atom is 0.245 e. The number of rotatable bonds is 4. The van der Waals surface area contributed by atoms with Gasteiger partial charge in [0.2, 0.25) is 12.7 Å². The van der Waals surface area contributed by atoms with Crippen molar-refractivity contribution in [2.24, 2.45) is 14.1 Å². The minimum atomic E-state index is 0.626. The van der Waals surface area contributed by atoms with E-state index in [4.69, 9.17) is 4.74 Å². The fraction of sp³-hybridized carbons (Fsp3) is 0.500. The Labute approximate surface area is 108 Å². The fourth-order valence-electron chi connectivity index (χ4n) is 1.50. The molecule has 0 saturated heterocycles. The van der Waals surface area contributed by atoms with Gasteiger partial charge in [-0.1, -0.05) is 0 Å². The smallest absolute Gasteiger partial charge is 0.245 e. The average molecular weight is 253 g/mol. The Hall–Kier alpha value is -1.66. The van der Waals surface area contributed by atoms with Crippen molar-refractivity contribution in [3.63, 3.8) is 0 Å². The van der Waals surface area contributed by atoms with Gasteiger partial charge in [0.15, 0.2) is 6.73 Å². The topological polar surface area (TPSA) is 38.9 Å². The Morgan fingerprint density at radius 3 is 2.00 bits per heavy atom. The van der Waals surface area contributed by atoms with Gasteiger partial charge in [0, 0.05) is 7.11 Å². The number of methoxy groups -OCH3 is 1. The Kier molecular flexibility index (Phi) is 6.10. The van der Waals surface area contributed by atoms with Crippen LogP contribution in [0.3, 0.4) is 0 Å². The van der Waals surface area contributed by atoms with Crippen LogP contribution in [0.25, 0.3) is 0 Å². The van der Waals surface area contributed by atoms with Gasteiger partial charge in [-0.3, -0.25) is 5.32 Å². The molecule has 6 heteroatoms. The first-order chi connectivity index (χ1) is 8.65. The highest BCUT2D eigenvalue weighted by atomic mass is 16.5. The molecular formula is C12H23N5O+2. The minimum Gasteiger partial charge on any atom is -0.345 e. The van der Waals surface area contributed by atoms with Gasteiger partial charge in [-0.05, 0) is 7.05 Å². The molecular weight excluding hydrogens is 230 g/mol. The summed E-state index contributed by atoms with van der Waals surface area (Å²) < 4.78 is 12.9. The standard InChI is InChI=1S/C6H12N3.C6H11N2O/c1-7-5-9-4-3-8(2)6-9;1-7-3-4-8(5-7)6-9-2/h3-4,6-7H,5H2,1-2H3;3-5H,6H2,1-2H3/q2*+1. The monoisotopic (exact) mass is 253 g/mol. The molecule has 1 N–H and O–H groups in total. The molecule has 2 aromatic rings. The van der Waals surface area contributed by atoms with Crippen LogP contribution < -0.4 is 14.5 Å². The van der Waals surface area contributed by atoms with E-state index in [2.05, 4.69) is 9.88 Å². The van der Waals surface area contributed by atoms with Crippen molar-refractivity contribution in [2.45, 2.75) is 13.4 Å². The lowest BCUT2D eigenvalue weighted by Crippen LogP contribution is -2.24. The van der Waals surface area contributed by atoms with Crippen molar-refractivity contribution >= 4 is 0 Å². The molecule has 2 aromatic heterocycles. The summed E-state index contributed by atoms with van der Waals surface area (Å²) in [5, 5.41) is 3.05. The number of nitrogens with zero attached hydrogens (tertiary/aromatic N) is 4. The summed E-state index contributed by atoms with van der Waals surface area (Å²) in [5.74, 6) is 0. The molecule has 0 aliphatic rings. The number of hydrogen-bond acceptors (Lipinski definition) is 2.